The normalized spacial score (nSPS) is 12.0. The third-order valence-electron chi connectivity index (χ3n) is 7.28. The van der Waals surface area contributed by atoms with Crippen LogP contribution >= 0.6 is 11.3 Å². The number of thiophene rings is 1. The summed E-state index contributed by atoms with van der Waals surface area (Å²) in [6.07, 6.45) is 1.90. The van der Waals surface area contributed by atoms with Crippen molar-refractivity contribution >= 4 is 74.7 Å². The summed E-state index contributed by atoms with van der Waals surface area (Å²) in [5.74, 6) is 0. The third-order valence-corrected chi connectivity index (χ3v) is 8.49. The standard InChI is InChI=1S/C33H19NS/c1-2-10-23-21(8-1)22-9-3-4-11-24(22)28-18-20(15-16-25(23)28)32-27-13-7-17-34-30(27)19-29-26-12-5-6-14-31(26)35-33(29)32/h1-19H. The van der Waals surface area contributed by atoms with Crippen LogP contribution in [-0.2, 0) is 0 Å². The van der Waals surface area contributed by atoms with E-state index < -0.39 is 0 Å². The zero-order valence-corrected chi connectivity index (χ0v) is 19.6. The van der Waals surface area contributed by atoms with Crippen molar-refractivity contribution in [1.29, 1.82) is 0 Å². The fraction of sp³-hybridized carbons (Fsp3) is 0. The molecule has 0 aliphatic carbocycles. The molecule has 8 rings (SSSR count). The van der Waals surface area contributed by atoms with Gasteiger partial charge in [-0.3, -0.25) is 4.98 Å². The van der Waals surface area contributed by atoms with Crippen LogP contribution in [0.15, 0.2) is 115 Å². The Morgan fingerprint density at radius 1 is 0.457 bits per heavy atom. The second-order valence-corrected chi connectivity index (χ2v) is 10.2. The van der Waals surface area contributed by atoms with E-state index in [0.717, 1.165) is 5.52 Å². The maximum absolute atomic E-state index is 4.76. The van der Waals surface area contributed by atoms with Gasteiger partial charge in [0.05, 0.1) is 5.52 Å². The first-order chi connectivity index (χ1) is 17.4. The number of rotatable bonds is 1. The van der Waals surface area contributed by atoms with Crippen molar-refractivity contribution in [3.8, 4) is 11.1 Å². The molecule has 1 nitrogen and oxygen atoms in total. The Kier molecular flexibility index (Phi) is 3.88. The molecule has 0 saturated heterocycles. The van der Waals surface area contributed by atoms with Crippen molar-refractivity contribution < 1.29 is 0 Å². The number of fused-ring (bicyclic) bond motifs is 10. The summed E-state index contributed by atoms with van der Waals surface area (Å²) in [6.45, 7) is 0. The van der Waals surface area contributed by atoms with E-state index in [0.29, 0.717) is 0 Å². The molecule has 2 heteroatoms. The lowest BCUT2D eigenvalue weighted by Gasteiger charge is -2.13. The first-order valence-corrected chi connectivity index (χ1v) is 12.7. The summed E-state index contributed by atoms with van der Waals surface area (Å²) in [5, 5.41) is 11.6. The van der Waals surface area contributed by atoms with Crippen LogP contribution in [0, 0.1) is 0 Å². The Morgan fingerprint density at radius 2 is 1.06 bits per heavy atom. The molecule has 0 aliphatic heterocycles. The second-order valence-electron chi connectivity index (χ2n) is 9.15. The van der Waals surface area contributed by atoms with E-state index >= 15 is 0 Å². The lowest BCUT2D eigenvalue weighted by molar-refractivity contribution is 1.42. The molecule has 0 spiro atoms. The predicted octanol–water partition coefficient (Wildman–Crippen LogP) is 9.73. The maximum Gasteiger partial charge on any atom is 0.0715 e. The molecular weight excluding hydrogens is 442 g/mol. The van der Waals surface area contributed by atoms with Crippen molar-refractivity contribution in [2.45, 2.75) is 0 Å². The van der Waals surface area contributed by atoms with Crippen LogP contribution in [0.3, 0.4) is 0 Å². The van der Waals surface area contributed by atoms with E-state index in [1.54, 1.807) is 0 Å². The van der Waals surface area contributed by atoms with Gasteiger partial charge in [0.2, 0.25) is 0 Å². The number of pyridine rings is 1. The van der Waals surface area contributed by atoms with E-state index in [1.165, 1.54) is 69.0 Å². The average Bonchev–Trinajstić information content (AvgIpc) is 3.29. The van der Waals surface area contributed by atoms with Gasteiger partial charge in [0, 0.05) is 37.3 Å². The van der Waals surface area contributed by atoms with Crippen molar-refractivity contribution in [1.82, 2.24) is 4.98 Å². The van der Waals surface area contributed by atoms with Gasteiger partial charge in [-0.2, -0.15) is 0 Å². The van der Waals surface area contributed by atoms with Gasteiger partial charge in [-0.1, -0.05) is 84.9 Å². The van der Waals surface area contributed by atoms with E-state index in [4.69, 9.17) is 4.98 Å². The fourth-order valence-corrected chi connectivity index (χ4v) is 7.01. The minimum Gasteiger partial charge on any atom is -0.256 e. The number of hydrogen-bond donors (Lipinski definition) is 0. The summed E-state index contributed by atoms with van der Waals surface area (Å²) in [5.41, 5.74) is 3.57. The van der Waals surface area contributed by atoms with Crippen LogP contribution in [0.1, 0.15) is 0 Å². The Labute approximate surface area is 205 Å². The molecule has 0 atom stereocenters. The van der Waals surface area contributed by atoms with Crippen molar-refractivity contribution in [3.63, 3.8) is 0 Å². The molecular formula is C33H19NS. The molecule has 0 N–H and O–H groups in total. The molecule has 8 aromatic rings. The lowest BCUT2D eigenvalue weighted by Crippen LogP contribution is -1.87. The molecule has 35 heavy (non-hydrogen) atoms. The summed E-state index contributed by atoms with van der Waals surface area (Å²) >= 11 is 1.88. The van der Waals surface area contributed by atoms with E-state index in [9.17, 15) is 0 Å². The SMILES string of the molecule is c1ccc2c(c1)sc1c(-c3ccc4c5ccccc5c5ccccc5c4c3)c3cccnc3cc12. The maximum atomic E-state index is 4.76. The van der Waals surface area contributed by atoms with Crippen molar-refractivity contribution in [3.05, 3.63) is 115 Å². The van der Waals surface area contributed by atoms with Gasteiger partial charge in [-0.05, 0) is 62.1 Å². The van der Waals surface area contributed by atoms with Crippen LogP contribution in [0.4, 0.5) is 0 Å². The average molecular weight is 462 g/mol. The largest absolute Gasteiger partial charge is 0.256 e. The lowest BCUT2D eigenvalue weighted by atomic mass is 9.91. The van der Waals surface area contributed by atoms with Gasteiger partial charge >= 0.3 is 0 Å². The van der Waals surface area contributed by atoms with E-state index in [2.05, 4.69) is 109 Å². The first-order valence-electron chi connectivity index (χ1n) is 11.9. The van der Waals surface area contributed by atoms with Gasteiger partial charge in [0.1, 0.15) is 0 Å². The van der Waals surface area contributed by atoms with Gasteiger partial charge < -0.3 is 0 Å². The topological polar surface area (TPSA) is 12.9 Å². The Balaban J connectivity index is 1.56. The monoisotopic (exact) mass is 461 g/mol. The minimum absolute atomic E-state index is 1.04. The van der Waals surface area contributed by atoms with Crippen LogP contribution in [0.2, 0.25) is 0 Å². The minimum atomic E-state index is 1.04. The third kappa shape index (κ3) is 2.66. The number of nitrogens with zero attached hydrogens (tertiary/aromatic N) is 1. The molecule has 0 aliphatic rings. The highest BCUT2D eigenvalue weighted by Gasteiger charge is 2.16. The zero-order valence-electron chi connectivity index (χ0n) is 18.8. The molecule has 6 aromatic carbocycles. The van der Waals surface area contributed by atoms with Gasteiger partial charge in [0.15, 0.2) is 0 Å². The van der Waals surface area contributed by atoms with Crippen LogP contribution < -0.4 is 0 Å². The summed E-state index contributed by atoms with van der Waals surface area (Å²) < 4.78 is 2.65. The molecule has 0 amide bonds. The number of aromatic nitrogens is 1. The van der Waals surface area contributed by atoms with Gasteiger partial charge in [0.25, 0.3) is 0 Å². The molecule has 0 unspecified atom stereocenters. The highest BCUT2D eigenvalue weighted by Crippen LogP contribution is 2.45. The van der Waals surface area contributed by atoms with Gasteiger partial charge in [-0.25, -0.2) is 0 Å². The highest BCUT2D eigenvalue weighted by molar-refractivity contribution is 7.26. The Hall–Kier alpha value is -4.27. The molecule has 162 valence electrons. The quantitative estimate of drug-likeness (QED) is 0.222. The first kappa shape index (κ1) is 19.1. The molecule has 0 bridgehead atoms. The van der Waals surface area contributed by atoms with E-state index in [-0.39, 0.29) is 0 Å². The van der Waals surface area contributed by atoms with Crippen LogP contribution in [0.5, 0.6) is 0 Å². The van der Waals surface area contributed by atoms with Gasteiger partial charge in [-0.15, -0.1) is 11.3 Å². The Morgan fingerprint density at radius 3 is 1.80 bits per heavy atom. The molecule has 0 saturated carbocycles. The van der Waals surface area contributed by atoms with Crippen molar-refractivity contribution in [2.75, 3.05) is 0 Å². The predicted molar refractivity (Wildman–Crippen MR) is 153 cm³/mol. The second kappa shape index (κ2) is 7.11. The van der Waals surface area contributed by atoms with Crippen molar-refractivity contribution in [2.24, 2.45) is 0 Å². The molecule has 2 aromatic heterocycles. The van der Waals surface area contributed by atoms with E-state index in [1.807, 2.05) is 17.5 Å². The van der Waals surface area contributed by atoms with Crippen LogP contribution in [-0.4, -0.2) is 4.98 Å². The Bertz CT molecular complexity index is 2080. The van der Waals surface area contributed by atoms with Crippen LogP contribution in [0.25, 0.3) is 74.5 Å². The number of hydrogen-bond acceptors (Lipinski definition) is 2. The highest BCUT2D eigenvalue weighted by atomic mass is 32.1. The molecule has 0 fully saturated rings. The summed E-state index contributed by atoms with van der Waals surface area (Å²) in [4.78, 5) is 4.76. The summed E-state index contributed by atoms with van der Waals surface area (Å²) in [6, 6.07) is 39.8. The molecule has 2 heterocycles. The summed E-state index contributed by atoms with van der Waals surface area (Å²) in [7, 11) is 0. The fourth-order valence-electron chi connectivity index (χ4n) is 5.75. The molecule has 0 radical (unpaired) electrons. The zero-order chi connectivity index (χ0) is 22.9. The smallest absolute Gasteiger partial charge is 0.0715 e. The number of benzene rings is 6.